The SMILES string of the molecule is COc1cccc(/C=N/n2c(C)nnc2SCc2ccccc2)c1OCc1ccc(Br)cc1. The predicted molar refractivity (Wildman–Crippen MR) is 135 cm³/mol. The third kappa shape index (κ3) is 6.03. The van der Waals surface area contributed by atoms with Crippen molar-refractivity contribution in [1.82, 2.24) is 14.9 Å². The van der Waals surface area contributed by atoms with Crippen molar-refractivity contribution < 1.29 is 9.47 Å². The van der Waals surface area contributed by atoms with Gasteiger partial charge in [-0.1, -0.05) is 76.2 Å². The summed E-state index contributed by atoms with van der Waals surface area (Å²) in [5.74, 6) is 2.78. The topological polar surface area (TPSA) is 61.5 Å². The van der Waals surface area contributed by atoms with E-state index < -0.39 is 0 Å². The Balaban J connectivity index is 1.54. The maximum Gasteiger partial charge on any atom is 0.212 e. The lowest BCUT2D eigenvalue weighted by molar-refractivity contribution is 0.284. The molecular formula is C25H23BrN4O2S. The number of nitrogens with zero attached hydrogens (tertiary/aromatic N) is 4. The number of rotatable bonds is 9. The van der Waals surface area contributed by atoms with Gasteiger partial charge in [0.25, 0.3) is 0 Å². The highest BCUT2D eigenvalue weighted by Crippen LogP contribution is 2.31. The number of hydrogen-bond donors (Lipinski definition) is 0. The first kappa shape index (κ1) is 23.1. The van der Waals surface area contributed by atoms with E-state index in [0.717, 1.165) is 26.5 Å². The molecule has 0 aliphatic carbocycles. The van der Waals surface area contributed by atoms with Gasteiger partial charge in [-0.3, -0.25) is 0 Å². The van der Waals surface area contributed by atoms with Crippen LogP contribution >= 0.6 is 27.7 Å². The largest absolute Gasteiger partial charge is 0.493 e. The second-order valence-electron chi connectivity index (χ2n) is 7.15. The van der Waals surface area contributed by atoms with Crippen molar-refractivity contribution in [1.29, 1.82) is 0 Å². The van der Waals surface area contributed by atoms with Crippen molar-refractivity contribution in [2.75, 3.05) is 7.11 Å². The van der Waals surface area contributed by atoms with Crippen molar-refractivity contribution in [2.24, 2.45) is 5.10 Å². The number of para-hydroxylation sites is 1. The normalized spacial score (nSPS) is 11.1. The number of ether oxygens (including phenoxy) is 2. The van der Waals surface area contributed by atoms with Gasteiger partial charge in [0.15, 0.2) is 17.3 Å². The third-order valence-corrected chi connectivity index (χ3v) is 6.34. The zero-order valence-electron chi connectivity index (χ0n) is 18.3. The fraction of sp³-hybridized carbons (Fsp3) is 0.160. The Morgan fingerprint density at radius 3 is 2.52 bits per heavy atom. The molecule has 0 fully saturated rings. The molecule has 0 radical (unpaired) electrons. The zero-order valence-corrected chi connectivity index (χ0v) is 20.7. The van der Waals surface area contributed by atoms with Gasteiger partial charge in [0, 0.05) is 15.8 Å². The maximum atomic E-state index is 6.14. The molecule has 0 bridgehead atoms. The Bertz CT molecular complexity index is 1230. The van der Waals surface area contributed by atoms with E-state index in [1.165, 1.54) is 5.56 Å². The quantitative estimate of drug-likeness (QED) is 0.196. The Morgan fingerprint density at radius 2 is 1.76 bits per heavy atom. The summed E-state index contributed by atoms with van der Waals surface area (Å²) in [5.41, 5.74) is 3.08. The smallest absolute Gasteiger partial charge is 0.212 e. The van der Waals surface area contributed by atoms with E-state index in [2.05, 4.69) is 43.4 Å². The number of aryl methyl sites for hydroxylation is 1. The monoisotopic (exact) mass is 522 g/mol. The van der Waals surface area contributed by atoms with Crippen LogP contribution in [0.5, 0.6) is 11.5 Å². The fourth-order valence-electron chi connectivity index (χ4n) is 3.09. The van der Waals surface area contributed by atoms with Crippen LogP contribution in [-0.2, 0) is 12.4 Å². The molecular weight excluding hydrogens is 500 g/mol. The summed E-state index contributed by atoms with van der Waals surface area (Å²) in [5, 5.41) is 13.9. The molecule has 0 N–H and O–H groups in total. The summed E-state index contributed by atoms with van der Waals surface area (Å²) < 4.78 is 14.5. The molecule has 1 heterocycles. The van der Waals surface area contributed by atoms with Crippen molar-refractivity contribution >= 4 is 33.9 Å². The molecule has 6 nitrogen and oxygen atoms in total. The molecule has 0 aliphatic heterocycles. The molecule has 168 valence electrons. The van der Waals surface area contributed by atoms with E-state index in [9.17, 15) is 0 Å². The third-order valence-electron chi connectivity index (χ3n) is 4.82. The van der Waals surface area contributed by atoms with Gasteiger partial charge in [-0.2, -0.15) is 9.78 Å². The molecule has 8 heteroatoms. The van der Waals surface area contributed by atoms with E-state index in [-0.39, 0.29) is 0 Å². The lowest BCUT2D eigenvalue weighted by atomic mass is 10.2. The summed E-state index contributed by atoms with van der Waals surface area (Å²) in [4.78, 5) is 0. The number of hydrogen-bond acceptors (Lipinski definition) is 6. The van der Waals surface area contributed by atoms with Crippen LogP contribution in [0.15, 0.2) is 87.5 Å². The second-order valence-corrected chi connectivity index (χ2v) is 9.01. The molecule has 3 aromatic carbocycles. The van der Waals surface area contributed by atoms with E-state index in [1.54, 1.807) is 29.8 Å². The van der Waals surface area contributed by atoms with Crippen LogP contribution in [0.2, 0.25) is 0 Å². The van der Waals surface area contributed by atoms with E-state index in [1.807, 2.05) is 67.6 Å². The Kier molecular flexibility index (Phi) is 7.80. The molecule has 0 saturated heterocycles. The number of benzene rings is 3. The number of methoxy groups -OCH3 is 1. The summed E-state index contributed by atoms with van der Waals surface area (Å²) in [6.45, 7) is 2.30. The molecule has 0 unspecified atom stereocenters. The first-order valence-corrected chi connectivity index (χ1v) is 12.1. The molecule has 0 aliphatic rings. The van der Waals surface area contributed by atoms with Crippen molar-refractivity contribution in [3.63, 3.8) is 0 Å². The van der Waals surface area contributed by atoms with Crippen molar-refractivity contribution in [3.05, 3.63) is 99.8 Å². The summed E-state index contributed by atoms with van der Waals surface area (Å²) >= 11 is 5.05. The molecule has 0 spiro atoms. The van der Waals surface area contributed by atoms with Gasteiger partial charge in [0.2, 0.25) is 5.16 Å². The minimum atomic E-state index is 0.415. The van der Waals surface area contributed by atoms with Crippen LogP contribution < -0.4 is 9.47 Å². The highest BCUT2D eigenvalue weighted by Gasteiger charge is 2.12. The maximum absolute atomic E-state index is 6.14. The van der Waals surface area contributed by atoms with Crippen LogP contribution in [0.1, 0.15) is 22.5 Å². The highest BCUT2D eigenvalue weighted by atomic mass is 79.9. The average molecular weight is 523 g/mol. The average Bonchev–Trinajstić information content (AvgIpc) is 3.20. The van der Waals surface area contributed by atoms with Gasteiger partial charge >= 0.3 is 0 Å². The van der Waals surface area contributed by atoms with Gasteiger partial charge in [-0.15, -0.1) is 10.2 Å². The number of thioether (sulfide) groups is 1. The Labute approximate surface area is 205 Å². The van der Waals surface area contributed by atoms with E-state index in [4.69, 9.17) is 9.47 Å². The number of aromatic nitrogens is 3. The second kappa shape index (κ2) is 11.2. The first-order chi connectivity index (χ1) is 16.1. The first-order valence-electron chi connectivity index (χ1n) is 10.3. The van der Waals surface area contributed by atoms with Crippen LogP contribution in [0.4, 0.5) is 0 Å². The van der Waals surface area contributed by atoms with Crippen LogP contribution in [0.25, 0.3) is 0 Å². The Hall–Kier alpha value is -3.10. The molecule has 33 heavy (non-hydrogen) atoms. The van der Waals surface area contributed by atoms with Crippen LogP contribution in [-0.4, -0.2) is 28.2 Å². The van der Waals surface area contributed by atoms with Crippen LogP contribution in [0, 0.1) is 6.92 Å². The van der Waals surface area contributed by atoms with Crippen LogP contribution in [0.3, 0.4) is 0 Å². The summed E-state index contributed by atoms with van der Waals surface area (Å²) in [7, 11) is 1.63. The molecule has 0 saturated carbocycles. The minimum absolute atomic E-state index is 0.415. The van der Waals surface area contributed by atoms with E-state index in [0.29, 0.717) is 23.9 Å². The van der Waals surface area contributed by atoms with E-state index >= 15 is 0 Å². The predicted octanol–water partition coefficient (Wildman–Crippen LogP) is 6.11. The van der Waals surface area contributed by atoms with Gasteiger partial charge in [0.1, 0.15) is 6.61 Å². The standard InChI is InChI=1S/C25H23BrN4O2S/c1-18-28-29-25(33-17-20-7-4-3-5-8-20)30(18)27-15-21-9-6-10-23(31-2)24(21)32-16-19-11-13-22(26)14-12-19/h3-15H,16-17H2,1-2H3/b27-15+. The number of halogens is 1. The van der Waals surface area contributed by atoms with Gasteiger partial charge in [-0.05, 0) is 42.3 Å². The molecule has 0 atom stereocenters. The lowest BCUT2D eigenvalue weighted by Gasteiger charge is -2.13. The van der Waals surface area contributed by atoms with Gasteiger partial charge < -0.3 is 9.47 Å². The summed E-state index contributed by atoms with van der Waals surface area (Å²) in [6.07, 6.45) is 1.75. The molecule has 1 aromatic heterocycles. The Morgan fingerprint density at radius 1 is 0.970 bits per heavy atom. The molecule has 0 amide bonds. The highest BCUT2D eigenvalue weighted by molar-refractivity contribution is 9.10. The minimum Gasteiger partial charge on any atom is -0.493 e. The molecule has 4 aromatic rings. The van der Waals surface area contributed by atoms with Crippen molar-refractivity contribution in [2.45, 2.75) is 24.4 Å². The summed E-state index contributed by atoms with van der Waals surface area (Å²) in [6, 6.07) is 24.0. The van der Waals surface area contributed by atoms with Gasteiger partial charge in [0.05, 0.1) is 13.3 Å². The lowest BCUT2D eigenvalue weighted by Crippen LogP contribution is -2.02. The zero-order chi connectivity index (χ0) is 23.0. The molecule has 4 rings (SSSR count). The van der Waals surface area contributed by atoms with Gasteiger partial charge in [-0.25, -0.2) is 0 Å². The fourth-order valence-corrected chi connectivity index (χ4v) is 4.24. The van der Waals surface area contributed by atoms with Crippen molar-refractivity contribution in [3.8, 4) is 11.5 Å².